The lowest BCUT2D eigenvalue weighted by molar-refractivity contribution is -0.139. The number of nitrogens with one attached hydrogen (secondary N) is 1. The lowest BCUT2D eigenvalue weighted by Gasteiger charge is -2.10. The van der Waals surface area contributed by atoms with Gasteiger partial charge in [-0.2, -0.15) is 13.2 Å². The predicted molar refractivity (Wildman–Crippen MR) is 81.3 cm³/mol. The van der Waals surface area contributed by atoms with Crippen molar-refractivity contribution in [1.29, 1.82) is 0 Å². The van der Waals surface area contributed by atoms with Gasteiger partial charge in [0, 0.05) is 17.3 Å². The summed E-state index contributed by atoms with van der Waals surface area (Å²) in [4.78, 5) is 12.1. The highest BCUT2D eigenvalue weighted by Gasteiger charge is 2.34. The second-order valence-electron chi connectivity index (χ2n) is 5.09. The molecule has 8 heteroatoms. The van der Waals surface area contributed by atoms with E-state index in [9.17, 15) is 22.4 Å². The van der Waals surface area contributed by atoms with Crippen LogP contribution in [-0.4, -0.2) is 11.1 Å². The largest absolute Gasteiger partial charge is 0.419 e. The van der Waals surface area contributed by atoms with Crippen LogP contribution in [0.25, 0.3) is 11.3 Å². The quantitative estimate of drug-likeness (QED) is 0.694. The number of alkyl halides is 3. The van der Waals surface area contributed by atoms with Gasteiger partial charge >= 0.3 is 6.18 Å². The Bertz CT molecular complexity index is 905. The van der Waals surface area contributed by atoms with Gasteiger partial charge in [-0.3, -0.25) is 4.79 Å². The number of aromatic nitrogens is 1. The van der Waals surface area contributed by atoms with E-state index in [1.54, 1.807) is 24.3 Å². The molecule has 0 fully saturated rings. The Morgan fingerprint density at radius 2 is 1.76 bits per heavy atom. The molecular weight excluding hydrogens is 340 g/mol. The molecule has 0 aliphatic heterocycles. The number of benzene rings is 2. The Morgan fingerprint density at radius 1 is 1.04 bits per heavy atom. The normalized spacial score (nSPS) is 11.4. The molecule has 0 spiro atoms. The van der Waals surface area contributed by atoms with E-state index >= 15 is 0 Å². The lowest BCUT2D eigenvalue weighted by Crippen LogP contribution is -2.13. The van der Waals surface area contributed by atoms with Gasteiger partial charge in [0.1, 0.15) is 11.5 Å². The molecule has 0 radical (unpaired) electrons. The Hall–Kier alpha value is -3.16. The van der Waals surface area contributed by atoms with Crippen LogP contribution in [0.2, 0.25) is 0 Å². The van der Waals surface area contributed by atoms with Crippen LogP contribution in [0.5, 0.6) is 0 Å². The van der Waals surface area contributed by atoms with Crippen LogP contribution in [0.15, 0.2) is 59.1 Å². The summed E-state index contributed by atoms with van der Waals surface area (Å²) in [6.45, 7) is 0. The van der Waals surface area contributed by atoms with Crippen LogP contribution in [0.4, 0.5) is 23.2 Å². The van der Waals surface area contributed by atoms with E-state index in [1.165, 1.54) is 6.07 Å². The third-order valence-corrected chi connectivity index (χ3v) is 3.33. The molecule has 128 valence electrons. The molecule has 0 unspecified atom stereocenters. The first-order valence-electron chi connectivity index (χ1n) is 7.05. The molecule has 1 amide bonds. The van der Waals surface area contributed by atoms with Crippen LogP contribution >= 0.6 is 0 Å². The Labute approximate surface area is 139 Å². The fraction of sp³-hybridized carbons (Fsp3) is 0.0588. The molecule has 1 aromatic heterocycles. The maximum atomic E-state index is 13.3. The molecule has 0 bridgehead atoms. The molecule has 0 saturated heterocycles. The highest BCUT2D eigenvalue weighted by molar-refractivity contribution is 6.02. The summed E-state index contributed by atoms with van der Waals surface area (Å²) in [7, 11) is 0. The van der Waals surface area contributed by atoms with Crippen molar-refractivity contribution in [2.45, 2.75) is 6.18 Å². The average Bonchev–Trinajstić information content (AvgIpc) is 3.06. The summed E-state index contributed by atoms with van der Waals surface area (Å²) >= 11 is 0. The van der Waals surface area contributed by atoms with Crippen LogP contribution in [0.1, 0.15) is 16.1 Å². The Balaban J connectivity index is 1.81. The van der Waals surface area contributed by atoms with E-state index in [0.717, 1.165) is 6.07 Å². The molecular formula is C17H10F4N2O2. The molecule has 25 heavy (non-hydrogen) atoms. The predicted octanol–water partition coefficient (Wildman–Crippen LogP) is 4.75. The summed E-state index contributed by atoms with van der Waals surface area (Å²) in [5.74, 6) is -2.40. The molecule has 0 aliphatic rings. The number of amides is 1. The standard InChI is InChI=1S/C17H10F4N2O2/c18-13-7-6-11(8-12(13)17(19,20)21)22-16(24)15-9-14(23-25-15)10-4-2-1-3-5-10/h1-9H,(H,22,24). The number of rotatable bonds is 3. The number of hydrogen-bond donors (Lipinski definition) is 1. The summed E-state index contributed by atoms with van der Waals surface area (Å²) in [6.07, 6.45) is -4.86. The molecule has 3 rings (SSSR count). The van der Waals surface area contributed by atoms with Gasteiger partial charge in [0.2, 0.25) is 5.76 Å². The first-order chi connectivity index (χ1) is 11.8. The minimum Gasteiger partial charge on any atom is -0.350 e. The van der Waals surface area contributed by atoms with E-state index in [-0.39, 0.29) is 11.4 Å². The lowest BCUT2D eigenvalue weighted by atomic mass is 10.1. The molecule has 1 N–H and O–H groups in total. The number of anilines is 1. The fourth-order valence-electron chi connectivity index (χ4n) is 2.14. The van der Waals surface area contributed by atoms with Crippen molar-refractivity contribution >= 4 is 11.6 Å². The van der Waals surface area contributed by atoms with Gasteiger partial charge in [-0.1, -0.05) is 35.5 Å². The van der Waals surface area contributed by atoms with E-state index in [2.05, 4.69) is 10.5 Å². The van der Waals surface area contributed by atoms with E-state index in [0.29, 0.717) is 23.4 Å². The molecule has 0 atom stereocenters. The van der Waals surface area contributed by atoms with Crippen LogP contribution in [-0.2, 0) is 6.18 Å². The SMILES string of the molecule is O=C(Nc1ccc(F)c(C(F)(F)F)c1)c1cc(-c2ccccc2)no1. The summed E-state index contributed by atoms with van der Waals surface area (Å²) in [5, 5.41) is 5.97. The van der Waals surface area contributed by atoms with Crippen molar-refractivity contribution in [2.75, 3.05) is 5.32 Å². The maximum absolute atomic E-state index is 13.3. The topological polar surface area (TPSA) is 55.1 Å². The molecule has 4 nitrogen and oxygen atoms in total. The zero-order valence-corrected chi connectivity index (χ0v) is 12.5. The maximum Gasteiger partial charge on any atom is 0.419 e. The summed E-state index contributed by atoms with van der Waals surface area (Å²) < 4.78 is 56.3. The molecule has 1 heterocycles. The second-order valence-corrected chi connectivity index (χ2v) is 5.09. The third kappa shape index (κ3) is 3.68. The first-order valence-corrected chi connectivity index (χ1v) is 7.05. The van der Waals surface area contributed by atoms with Gasteiger partial charge in [0.25, 0.3) is 5.91 Å². The molecule has 3 aromatic rings. The minimum atomic E-state index is -4.86. The van der Waals surface area contributed by atoms with Crippen molar-refractivity contribution in [3.8, 4) is 11.3 Å². The number of carbonyl (C=O) groups is 1. The average molecular weight is 350 g/mol. The monoisotopic (exact) mass is 350 g/mol. The van der Waals surface area contributed by atoms with Gasteiger partial charge in [-0.25, -0.2) is 4.39 Å². The number of carbonyl (C=O) groups excluding carboxylic acids is 1. The zero-order chi connectivity index (χ0) is 18.0. The van der Waals surface area contributed by atoms with Gasteiger partial charge in [-0.15, -0.1) is 0 Å². The van der Waals surface area contributed by atoms with Crippen molar-refractivity contribution in [3.63, 3.8) is 0 Å². The van der Waals surface area contributed by atoms with Gasteiger partial charge in [-0.05, 0) is 18.2 Å². The summed E-state index contributed by atoms with van der Waals surface area (Å²) in [5.41, 5.74) is -0.559. The van der Waals surface area contributed by atoms with E-state index in [1.807, 2.05) is 6.07 Å². The van der Waals surface area contributed by atoms with Crippen molar-refractivity contribution in [3.05, 3.63) is 71.7 Å². The van der Waals surface area contributed by atoms with Crippen LogP contribution in [0, 0.1) is 5.82 Å². The first kappa shape index (κ1) is 16.7. The van der Waals surface area contributed by atoms with Gasteiger partial charge in [0.15, 0.2) is 0 Å². The number of hydrogen-bond acceptors (Lipinski definition) is 3. The van der Waals surface area contributed by atoms with Crippen LogP contribution in [0.3, 0.4) is 0 Å². The minimum absolute atomic E-state index is 0.184. The van der Waals surface area contributed by atoms with Crippen molar-refractivity contribution in [2.24, 2.45) is 0 Å². The highest BCUT2D eigenvalue weighted by Crippen LogP contribution is 2.33. The van der Waals surface area contributed by atoms with E-state index < -0.39 is 23.5 Å². The van der Waals surface area contributed by atoms with Crippen molar-refractivity contribution in [1.82, 2.24) is 5.16 Å². The van der Waals surface area contributed by atoms with Crippen LogP contribution < -0.4 is 5.32 Å². The van der Waals surface area contributed by atoms with Gasteiger partial charge in [0.05, 0.1) is 5.56 Å². The van der Waals surface area contributed by atoms with Gasteiger partial charge < -0.3 is 9.84 Å². The zero-order valence-electron chi connectivity index (χ0n) is 12.5. The van der Waals surface area contributed by atoms with Crippen molar-refractivity contribution < 1.29 is 26.9 Å². The second kappa shape index (κ2) is 6.39. The highest BCUT2D eigenvalue weighted by atomic mass is 19.4. The third-order valence-electron chi connectivity index (χ3n) is 3.33. The molecule has 2 aromatic carbocycles. The summed E-state index contributed by atoms with van der Waals surface area (Å²) in [6, 6.07) is 12.4. The Kier molecular flexibility index (Phi) is 4.26. The van der Waals surface area contributed by atoms with E-state index in [4.69, 9.17) is 4.52 Å². The molecule has 0 saturated carbocycles. The molecule has 0 aliphatic carbocycles. The smallest absolute Gasteiger partial charge is 0.350 e. The Morgan fingerprint density at radius 3 is 2.44 bits per heavy atom. The number of halogens is 4. The number of nitrogens with zero attached hydrogens (tertiary/aromatic N) is 1. The fourth-order valence-corrected chi connectivity index (χ4v) is 2.14.